The van der Waals surface area contributed by atoms with E-state index in [-0.39, 0.29) is 0 Å². The van der Waals surface area contributed by atoms with E-state index in [4.69, 9.17) is 44.5 Å². The van der Waals surface area contributed by atoms with E-state index in [1.807, 2.05) is 48.5 Å². The maximum absolute atomic E-state index is 6.51. The summed E-state index contributed by atoms with van der Waals surface area (Å²) in [6, 6.07) is 19.6. The van der Waals surface area contributed by atoms with Crippen LogP contribution in [0.1, 0.15) is 21.6 Å². The van der Waals surface area contributed by atoms with Crippen LogP contribution in [0.15, 0.2) is 60.7 Å². The fourth-order valence-corrected chi connectivity index (χ4v) is 5.54. The molecule has 0 unspecified atom stereocenters. The van der Waals surface area contributed by atoms with Gasteiger partial charge in [-0.05, 0) is 41.0 Å². The standard InChI is InChI=1S/C25H19Cl3N2OS/c26-19-5-2-1-4-17(19)24-23(13-18-20(27)6-3-7-21(18)28)32-25(30-24)29-14-15-8-9-22-16(12-15)10-11-31-22/h1-9,12H,10-11,13-14H2,(H,29,30). The average molecular weight is 502 g/mol. The van der Waals surface area contributed by atoms with Gasteiger partial charge in [0.25, 0.3) is 0 Å². The van der Waals surface area contributed by atoms with Gasteiger partial charge >= 0.3 is 0 Å². The Labute approximate surface area is 205 Å². The first-order chi connectivity index (χ1) is 15.6. The van der Waals surface area contributed by atoms with Crippen LogP contribution in [0.5, 0.6) is 5.75 Å². The van der Waals surface area contributed by atoms with Crippen LogP contribution < -0.4 is 10.1 Å². The molecule has 0 spiro atoms. The summed E-state index contributed by atoms with van der Waals surface area (Å²) in [5, 5.41) is 6.25. The smallest absolute Gasteiger partial charge is 0.183 e. The predicted molar refractivity (Wildman–Crippen MR) is 135 cm³/mol. The second kappa shape index (κ2) is 9.32. The van der Waals surface area contributed by atoms with Crippen LogP contribution in [0, 0.1) is 0 Å². The molecule has 3 nitrogen and oxygen atoms in total. The zero-order valence-corrected chi connectivity index (χ0v) is 20.1. The third-order valence-electron chi connectivity index (χ3n) is 5.42. The number of fused-ring (bicyclic) bond motifs is 1. The lowest BCUT2D eigenvalue weighted by atomic mass is 10.1. The number of ether oxygens (including phenoxy) is 1. The van der Waals surface area contributed by atoms with Crippen LogP contribution in [-0.2, 0) is 19.4 Å². The van der Waals surface area contributed by atoms with E-state index in [0.29, 0.717) is 28.0 Å². The maximum atomic E-state index is 6.51. The molecule has 2 heterocycles. The molecule has 0 fully saturated rings. The fraction of sp³-hybridized carbons (Fsp3) is 0.160. The van der Waals surface area contributed by atoms with E-state index in [1.54, 1.807) is 11.3 Å². The highest BCUT2D eigenvalue weighted by atomic mass is 35.5. The van der Waals surface area contributed by atoms with Crippen molar-refractivity contribution in [3.63, 3.8) is 0 Å². The van der Waals surface area contributed by atoms with Gasteiger partial charge in [0.1, 0.15) is 5.75 Å². The summed E-state index contributed by atoms with van der Waals surface area (Å²) in [5.74, 6) is 0.989. The van der Waals surface area contributed by atoms with Crippen LogP contribution in [-0.4, -0.2) is 11.6 Å². The first kappa shape index (κ1) is 21.6. The van der Waals surface area contributed by atoms with Crippen molar-refractivity contribution in [1.82, 2.24) is 4.98 Å². The molecular formula is C25H19Cl3N2OS. The van der Waals surface area contributed by atoms with Crippen molar-refractivity contribution in [2.24, 2.45) is 0 Å². The van der Waals surface area contributed by atoms with Gasteiger partial charge in [0.05, 0.1) is 12.3 Å². The van der Waals surface area contributed by atoms with E-state index in [2.05, 4.69) is 17.4 Å². The number of hydrogen-bond donors (Lipinski definition) is 1. The minimum absolute atomic E-state index is 0.578. The summed E-state index contributed by atoms with van der Waals surface area (Å²) in [7, 11) is 0. The lowest BCUT2D eigenvalue weighted by molar-refractivity contribution is 0.357. The number of rotatable bonds is 6. The summed E-state index contributed by atoms with van der Waals surface area (Å²) in [6.07, 6.45) is 1.54. The lowest BCUT2D eigenvalue weighted by Crippen LogP contribution is -1.99. The topological polar surface area (TPSA) is 34.2 Å². The highest BCUT2D eigenvalue weighted by molar-refractivity contribution is 7.16. The van der Waals surface area contributed by atoms with Gasteiger partial charge in [-0.3, -0.25) is 0 Å². The second-order valence-corrected chi connectivity index (χ2v) is 9.85. The number of halogens is 3. The fourth-order valence-electron chi connectivity index (χ4n) is 3.80. The molecule has 4 aromatic rings. The number of thiazole rings is 1. The highest BCUT2D eigenvalue weighted by Crippen LogP contribution is 2.38. The number of benzene rings is 3. The predicted octanol–water partition coefficient (Wildman–Crippen LogP) is 7.91. The van der Waals surface area contributed by atoms with Crippen molar-refractivity contribution in [3.8, 4) is 17.0 Å². The molecule has 1 aromatic heterocycles. The number of anilines is 1. The van der Waals surface area contributed by atoms with Gasteiger partial charge in [-0.2, -0.15) is 0 Å². The number of hydrogen-bond acceptors (Lipinski definition) is 4. The number of aromatic nitrogens is 1. The molecule has 0 bridgehead atoms. The van der Waals surface area contributed by atoms with Crippen LogP contribution in [0.2, 0.25) is 15.1 Å². The van der Waals surface area contributed by atoms with Crippen LogP contribution >= 0.6 is 46.1 Å². The van der Waals surface area contributed by atoms with E-state index in [1.165, 1.54) is 11.1 Å². The summed E-state index contributed by atoms with van der Waals surface area (Å²) in [6.45, 7) is 1.43. The summed E-state index contributed by atoms with van der Waals surface area (Å²) < 4.78 is 5.61. The van der Waals surface area contributed by atoms with E-state index in [0.717, 1.165) is 45.6 Å². The molecule has 0 saturated carbocycles. The lowest BCUT2D eigenvalue weighted by Gasteiger charge is -2.08. The quantitative estimate of drug-likeness (QED) is 0.291. The molecular weight excluding hydrogens is 483 g/mol. The van der Waals surface area contributed by atoms with Gasteiger partial charge < -0.3 is 10.1 Å². The largest absolute Gasteiger partial charge is 0.493 e. The van der Waals surface area contributed by atoms with Crippen molar-refractivity contribution < 1.29 is 4.74 Å². The average Bonchev–Trinajstić information content (AvgIpc) is 3.42. The Hall–Kier alpha value is -2.24. The normalized spacial score (nSPS) is 12.5. The van der Waals surface area contributed by atoms with Crippen molar-refractivity contribution in [3.05, 3.63) is 97.3 Å². The minimum atomic E-state index is 0.578. The molecule has 0 atom stereocenters. The maximum Gasteiger partial charge on any atom is 0.183 e. The van der Waals surface area contributed by atoms with Crippen molar-refractivity contribution in [2.45, 2.75) is 19.4 Å². The summed E-state index contributed by atoms with van der Waals surface area (Å²) in [5.41, 5.74) is 5.08. The molecule has 1 aliphatic rings. The Balaban J connectivity index is 1.46. The Morgan fingerprint density at radius 2 is 1.72 bits per heavy atom. The zero-order valence-electron chi connectivity index (χ0n) is 17.0. The first-order valence-corrected chi connectivity index (χ1v) is 12.2. The Morgan fingerprint density at radius 1 is 0.938 bits per heavy atom. The van der Waals surface area contributed by atoms with Crippen molar-refractivity contribution in [2.75, 3.05) is 11.9 Å². The van der Waals surface area contributed by atoms with E-state index in [9.17, 15) is 0 Å². The molecule has 7 heteroatoms. The number of nitrogens with one attached hydrogen (secondary N) is 1. The summed E-state index contributed by atoms with van der Waals surface area (Å²) >= 11 is 21.0. The highest BCUT2D eigenvalue weighted by Gasteiger charge is 2.18. The van der Waals surface area contributed by atoms with Crippen molar-refractivity contribution >= 4 is 51.3 Å². The van der Waals surface area contributed by atoms with E-state index >= 15 is 0 Å². The third kappa shape index (κ3) is 4.46. The molecule has 1 N–H and O–H groups in total. The monoisotopic (exact) mass is 500 g/mol. The van der Waals surface area contributed by atoms with Gasteiger partial charge in [0.15, 0.2) is 5.13 Å². The van der Waals surface area contributed by atoms with Gasteiger partial charge in [-0.25, -0.2) is 4.98 Å². The van der Waals surface area contributed by atoms with Gasteiger partial charge in [0, 0.05) is 44.9 Å². The Kier molecular flexibility index (Phi) is 6.29. The molecule has 3 aromatic carbocycles. The van der Waals surface area contributed by atoms with Crippen molar-refractivity contribution in [1.29, 1.82) is 0 Å². The van der Waals surface area contributed by atoms with Gasteiger partial charge in [-0.15, -0.1) is 11.3 Å². The van der Waals surface area contributed by atoms with E-state index < -0.39 is 0 Å². The van der Waals surface area contributed by atoms with Crippen LogP contribution in [0.4, 0.5) is 5.13 Å². The van der Waals surface area contributed by atoms with Gasteiger partial charge in [-0.1, -0.05) is 71.2 Å². The van der Waals surface area contributed by atoms with Crippen LogP contribution in [0.25, 0.3) is 11.3 Å². The Bertz CT molecular complexity index is 1270. The minimum Gasteiger partial charge on any atom is -0.493 e. The van der Waals surface area contributed by atoms with Crippen LogP contribution in [0.3, 0.4) is 0 Å². The molecule has 5 rings (SSSR count). The number of nitrogens with zero attached hydrogens (tertiary/aromatic N) is 1. The molecule has 32 heavy (non-hydrogen) atoms. The molecule has 1 aliphatic heterocycles. The molecule has 0 saturated heterocycles. The summed E-state index contributed by atoms with van der Waals surface area (Å²) in [4.78, 5) is 5.95. The molecule has 162 valence electrons. The second-order valence-electron chi connectivity index (χ2n) is 7.54. The SMILES string of the molecule is Clc1ccccc1-c1nc(NCc2ccc3c(c2)CCO3)sc1Cc1c(Cl)cccc1Cl. The first-order valence-electron chi connectivity index (χ1n) is 10.2. The zero-order chi connectivity index (χ0) is 22.1. The third-order valence-corrected chi connectivity index (χ3v) is 7.47. The van der Waals surface area contributed by atoms with Gasteiger partial charge in [0.2, 0.25) is 0 Å². The molecule has 0 radical (unpaired) electrons. The molecule has 0 aliphatic carbocycles. The Morgan fingerprint density at radius 3 is 2.53 bits per heavy atom. The molecule has 0 amide bonds.